The van der Waals surface area contributed by atoms with E-state index in [0.717, 1.165) is 5.69 Å². The lowest BCUT2D eigenvalue weighted by Crippen LogP contribution is -2.07. The van der Waals surface area contributed by atoms with Gasteiger partial charge in [0, 0.05) is 17.3 Å². The van der Waals surface area contributed by atoms with Crippen LogP contribution in [-0.4, -0.2) is 30.3 Å². The summed E-state index contributed by atoms with van der Waals surface area (Å²) in [6.07, 6.45) is 2.07. The number of rotatable bonds is 4. The molecule has 4 rings (SSSR count). The van der Waals surface area contributed by atoms with Crippen molar-refractivity contribution in [1.82, 2.24) is 23.9 Å². The zero-order chi connectivity index (χ0) is 19.0. The third-order valence-corrected chi connectivity index (χ3v) is 4.18. The van der Waals surface area contributed by atoms with Crippen LogP contribution in [0.5, 0.6) is 0 Å². The van der Waals surface area contributed by atoms with Gasteiger partial charge in [-0.05, 0) is 25.1 Å². The number of aryl methyl sites for hydroxylation is 1. The van der Waals surface area contributed by atoms with E-state index in [9.17, 15) is 8.78 Å². The summed E-state index contributed by atoms with van der Waals surface area (Å²) in [4.78, 5) is 16.4. The standard InChI is InChI=1S/C19H14F2N6/c1-12-4-3-5-14(25-12)18-19(26(11-24-18)10-15(20)21)13-6-7-16-23-8-17(22-2)27(16)9-13/h3-9,11,15H,10H2,1H3. The number of alkyl halides is 2. The molecule has 0 atom stereocenters. The lowest BCUT2D eigenvalue weighted by Gasteiger charge is -2.10. The Balaban J connectivity index is 1.95. The van der Waals surface area contributed by atoms with Crippen molar-refractivity contribution >= 4 is 11.5 Å². The van der Waals surface area contributed by atoms with Gasteiger partial charge in [0.2, 0.25) is 5.65 Å². The number of hydrogen-bond donors (Lipinski definition) is 0. The van der Waals surface area contributed by atoms with E-state index in [-0.39, 0.29) is 0 Å². The SMILES string of the molecule is [C-]#[N+]c1cnc2ccc(-c3c(-c4cccc(C)n4)ncn3CC(F)F)cn12. The number of pyridine rings is 2. The minimum absolute atomic E-state index is 0.349. The number of nitrogens with zero attached hydrogens (tertiary/aromatic N) is 6. The van der Waals surface area contributed by atoms with Crippen molar-refractivity contribution in [3.63, 3.8) is 0 Å². The highest BCUT2D eigenvalue weighted by Gasteiger charge is 2.20. The van der Waals surface area contributed by atoms with Crippen molar-refractivity contribution in [2.75, 3.05) is 0 Å². The average molecular weight is 364 g/mol. The maximum atomic E-state index is 13.1. The summed E-state index contributed by atoms with van der Waals surface area (Å²) in [5, 5.41) is 0. The van der Waals surface area contributed by atoms with E-state index < -0.39 is 13.0 Å². The predicted molar refractivity (Wildman–Crippen MR) is 96.6 cm³/mol. The fourth-order valence-electron chi connectivity index (χ4n) is 3.02. The number of aromatic nitrogens is 5. The molecule has 0 unspecified atom stereocenters. The highest BCUT2D eigenvalue weighted by molar-refractivity contribution is 5.77. The molecule has 0 aromatic carbocycles. The van der Waals surface area contributed by atoms with Crippen molar-refractivity contribution in [3.8, 4) is 22.6 Å². The number of imidazole rings is 2. The second-order valence-corrected chi connectivity index (χ2v) is 6.02. The van der Waals surface area contributed by atoms with Crippen LogP contribution in [0.4, 0.5) is 14.6 Å². The molecule has 0 aliphatic rings. The second-order valence-electron chi connectivity index (χ2n) is 6.02. The molecule has 27 heavy (non-hydrogen) atoms. The molecule has 0 N–H and O–H groups in total. The Morgan fingerprint density at radius 1 is 1.19 bits per heavy atom. The largest absolute Gasteiger partial charge is 0.362 e. The normalized spacial score (nSPS) is 11.2. The molecule has 0 spiro atoms. The van der Waals surface area contributed by atoms with Crippen LogP contribution in [0.2, 0.25) is 0 Å². The van der Waals surface area contributed by atoms with Crippen LogP contribution < -0.4 is 0 Å². The van der Waals surface area contributed by atoms with Crippen molar-refractivity contribution in [2.45, 2.75) is 19.9 Å². The van der Waals surface area contributed by atoms with Gasteiger partial charge in [-0.25, -0.2) is 23.1 Å². The Hall–Kier alpha value is -3.60. The Kier molecular flexibility index (Phi) is 4.12. The highest BCUT2D eigenvalue weighted by atomic mass is 19.3. The summed E-state index contributed by atoms with van der Waals surface area (Å²) < 4.78 is 29.2. The van der Waals surface area contributed by atoms with E-state index in [4.69, 9.17) is 6.57 Å². The zero-order valence-electron chi connectivity index (χ0n) is 14.3. The number of fused-ring (bicyclic) bond motifs is 1. The summed E-state index contributed by atoms with van der Waals surface area (Å²) >= 11 is 0. The van der Waals surface area contributed by atoms with Gasteiger partial charge in [-0.1, -0.05) is 12.6 Å². The zero-order valence-corrected chi connectivity index (χ0v) is 14.3. The van der Waals surface area contributed by atoms with Crippen LogP contribution in [-0.2, 0) is 6.54 Å². The molecular formula is C19H14F2N6. The van der Waals surface area contributed by atoms with Crippen LogP contribution in [0, 0.1) is 13.5 Å². The molecule has 0 aliphatic heterocycles. The van der Waals surface area contributed by atoms with Crippen LogP contribution >= 0.6 is 0 Å². The molecule has 4 aromatic rings. The minimum Gasteiger partial charge on any atom is -0.362 e. The van der Waals surface area contributed by atoms with Gasteiger partial charge in [-0.3, -0.25) is 4.98 Å². The fraction of sp³-hybridized carbons (Fsp3) is 0.158. The van der Waals surface area contributed by atoms with Crippen LogP contribution in [0.1, 0.15) is 5.69 Å². The molecule has 8 heteroatoms. The molecule has 134 valence electrons. The van der Waals surface area contributed by atoms with Crippen molar-refractivity contribution in [1.29, 1.82) is 0 Å². The molecule has 4 aromatic heterocycles. The van der Waals surface area contributed by atoms with E-state index >= 15 is 0 Å². The Morgan fingerprint density at radius 2 is 2.04 bits per heavy atom. The maximum absolute atomic E-state index is 13.1. The first kappa shape index (κ1) is 16.8. The van der Waals surface area contributed by atoms with Gasteiger partial charge < -0.3 is 9.41 Å². The second kappa shape index (κ2) is 6.61. The molecule has 0 radical (unpaired) electrons. The number of halogens is 2. The molecule has 0 saturated carbocycles. The van der Waals surface area contributed by atoms with E-state index in [0.29, 0.717) is 34.1 Å². The monoisotopic (exact) mass is 364 g/mol. The van der Waals surface area contributed by atoms with Gasteiger partial charge in [-0.15, -0.1) is 0 Å². The lowest BCUT2D eigenvalue weighted by molar-refractivity contribution is 0.127. The van der Waals surface area contributed by atoms with E-state index in [1.165, 1.54) is 17.1 Å². The van der Waals surface area contributed by atoms with E-state index in [1.54, 1.807) is 28.8 Å². The fourth-order valence-corrected chi connectivity index (χ4v) is 3.02. The van der Waals surface area contributed by atoms with Gasteiger partial charge in [0.25, 0.3) is 12.2 Å². The maximum Gasteiger partial charge on any atom is 0.256 e. The third kappa shape index (κ3) is 3.04. The molecule has 0 amide bonds. The van der Waals surface area contributed by atoms with Crippen molar-refractivity contribution in [3.05, 3.63) is 66.2 Å². The average Bonchev–Trinajstić information content (AvgIpc) is 3.24. The Bertz CT molecular complexity index is 1170. The Morgan fingerprint density at radius 3 is 2.78 bits per heavy atom. The lowest BCUT2D eigenvalue weighted by atomic mass is 10.1. The van der Waals surface area contributed by atoms with Gasteiger partial charge >= 0.3 is 0 Å². The van der Waals surface area contributed by atoms with Gasteiger partial charge in [0.15, 0.2) is 0 Å². The smallest absolute Gasteiger partial charge is 0.256 e. The molecule has 0 fully saturated rings. The number of hydrogen-bond acceptors (Lipinski definition) is 3. The molecule has 4 heterocycles. The van der Waals surface area contributed by atoms with Gasteiger partial charge in [-0.2, -0.15) is 0 Å². The molecule has 0 aliphatic carbocycles. The van der Waals surface area contributed by atoms with Crippen LogP contribution in [0.15, 0.2) is 49.1 Å². The topological polar surface area (TPSA) is 52.4 Å². The van der Waals surface area contributed by atoms with Crippen molar-refractivity contribution < 1.29 is 8.78 Å². The summed E-state index contributed by atoms with van der Waals surface area (Å²) in [7, 11) is 0. The van der Waals surface area contributed by atoms with E-state index in [2.05, 4.69) is 19.8 Å². The Labute approximate surface area is 153 Å². The van der Waals surface area contributed by atoms with E-state index in [1.807, 2.05) is 19.1 Å². The summed E-state index contributed by atoms with van der Waals surface area (Å²) in [5.41, 5.74) is 3.72. The predicted octanol–water partition coefficient (Wildman–Crippen LogP) is 4.38. The molecule has 6 nitrogen and oxygen atoms in total. The first-order valence-electron chi connectivity index (χ1n) is 8.19. The third-order valence-electron chi connectivity index (χ3n) is 4.18. The van der Waals surface area contributed by atoms with Gasteiger partial charge in [0.1, 0.15) is 5.69 Å². The first-order chi connectivity index (χ1) is 13.1. The van der Waals surface area contributed by atoms with Crippen molar-refractivity contribution in [2.24, 2.45) is 0 Å². The van der Waals surface area contributed by atoms with Crippen LogP contribution in [0.3, 0.4) is 0 Å². The highest BCUT2D eigenvalue weighted by Crippen LogP contribution is 2.32. The quantitative estimate of drug-likeness (QED) is 0.505. The molecular weight excluding hydrogens is 350 g/mol. The van der Waals surface area contributed by atoms with Crippen LogP contribution in [0.25, 0.3) is 33.1 Å². The summed E-state index contributed by atoms with van der Waals surface area (Å²) in [5.74, 6) is 0.349. The molecule has 0 saturated heterocycles. The molecule has 0 bridgehead atoms. The first-order valence-corrected chi connectivity index (χ1v) is 8.19. The summed E-state index contributed by atoms with van der Waals surface area (Å²) in [6, 6.07) is 9.04. The minimum atomic E-state index is -2.52. The van der Waals surface area contributed by atoms with Gasteiger partial charge in [0.05, 0.1) is 36.7 Å². The summed E-state index contributed by atoms with van der Waals surface area (Å²) in [6.45, 7) is 8.64.